The Morgan fingerprint density at radius 1 is 0.812 bits per heavy atom. The van der Waals surface area contributed by atoms with Crippen molar-refractivity contribution in [1.82, 2.24) is 4.90 Å². The Balaban J connectivity index is 1.51. The number of likely N-dealkylation sites (tertiary alicyclic amines) is 1. The SMILES string of the molecule is C1CCC(N2CCC(C3CCOCC3)C2)C1. The highest BCUT2D eigenvalue weighted by Crippen LogP contribution is 2.34. The number of rotatable bonds is 2. The first-order valence-corrected chi connectivity index (χ1v) is 7.25. The van der Waals surface area contributed by atoms with Crippen molar-refractivity contribution >= 4 is 0 Å². The molecular formula is C14H25NO. The fourth-order valence-electron chi connectivity index (χ4n) is 3.99. The number of nitrogens with zero attached hydrogens (tertiary/aromatic N) is 1. The van der Waals surface area contributed by atoms with Crippen molar-refractivity contribution < 1.29 is 4.74 Å². The van der Waals surface area contributed by atoms with E-state index in [4.69, 9.17) is 4.74 Å². The normalized spacial score (nSPS) is 34.9. The summed E-state index contributed by atoms with van der Waals surface area (Å²) >= 11 is 0. The standard InChI is InChI=1S/C14H25NO/c1-2-4-14(3-1)15-8-5-13(11-15)12-6-9-16-10-7-12/h12-14H,1-11H2. The fraction of sp³-hybridized carbons (Fsp3) is 1.00. The van der Waals surface area contributed by atoms with Gasteiger partial charge in [-0.1, -0.05) is 12.8 Å². The third-order valence-electron chi connectivity index (χ3n) is 5.03. The van der Waals surface area contributed by atoms with E-state index < -0.39 is 0 Å². The molecule has 0 aromatic rings. The van der Waals surface area contributed by atoms with Gasteiger partial charge in [-0.15, -0.1) is 0 Å². The molecule has 2 saturated heterocycles. The van der Waals surface area contributed by atoms with E-state index in [1.165, 1.54) is 58.0 Å². The van der Waals surface area contributed by atoms with Crippen LogP contribution in [0.3, 0.4) is 0 Å². The van der Waals surface area contributed by atoms with Crippen LogP contribution in [0.25, 0.3) is 0 Å². The molecule has 92 valence electrons. The zero-order chi connectivity index (χ0) is 10.8. The molecule has 0 aromatic carbocycles. The Labute approximate surface area is 99.3 Å². The largest absolute Gasteiger partial charge is 0.381 e. The van der Waals surface area contributed by atoms with Crippen LogP contribution in [-0.2, 0) is 4.74 Å². The molecule has 1 atom stereocenters. The lowest BCUT2D eigenvalue weighted by molar-refractivity contribution is 0.0470. The van der Waals surface area contributed by atoms with Crippen LogP contribution in [0, 0.1) is 11.8 Å². The number of hydrogen-bond donors (Lipinski definition) is 0. The summed E-state index contributed by atoms with van der Waals surface area (Å²) in [5, 5.41) is 0. The van der Waals surface area contributed by atoms with Crippen molar-refractivity contribution in [1.29, 1.82) is 0 Å². The molecule has 0 bridgehead atoms. The van der Waals surface area contributed by atoms with Gasteiger partial charge in [0.25, 0.3) is 0 Å². The van der Waals surface area contributed by atoms with E-state index in [0.29, 0.717) is 0 Å². The summed E-state index contributed by atoms with van der Waals surface area (Å²) in [6.45, 7) is 4.82. The lowest BCUT2D eigenvalue weighted by Crippen LogP contribution is -2.32. The van der Waals surface area contributed by atoms with Crippen LogP contribution in [-0.4, -0.2) is 37.2 Å². The van der Waals surface area contributed by atoms with Crippen molar-refractivity contribution in [3.63, 3.8) is 0 Å². The van der Waals surface area contributed by atoms with Crippen LogP contribution < -0.4 is 0 Å². The topological polar surface area (TPSA) is 12.5 Å². The molecule has 0 amide bonds. The smallest absolute Gasteiger partial charge is 0.0468 e. The van der Waals surface area contributed by atoms with Crippen LogP contribution >= 0.6 is 0 Å². The maximum atomic E-state index is 5.47. The van der Waals surface area contributed by atoms with Crippen LogP contribution in [0.5, 0.6) is 0 Å². The Morgan fingerprint density at radius 3 is 2.31 bits per heavy atom. The zero-order valence-corrected chi connectivity index (χ0v) is 10.4. The van der Waals surface area contributed by atoms with E-state index in [-0.39, 0.29) is 0 Å². The molecular weight excluding hydrogens is 198 g/mol. The molecule has 3 aliphatic rings. The molecule has 3 fully saturated rings. The highest BCUT2D eigenvalue weighted by molar-refractivity contribution is 4.87. The number of hydrogen-bond acceptors (Lipinski definition) is 2. The second-order valence-corrected chi connectivity index (χ2v) is 5.93. The van der Waals surface area contributed by atoms with Gasteiger partial charge in [-0.3, -0.25) is 0 Å². The van der Waals surface area contributed by atoms with Crippen molar-refractivity contribution in [2.24, 2.45) is 11.8 Å². The van der Waals surface area contributed by atoms with Gasteiger partial charge in [0.1, 0.15) is 0 Å². The Kier molecular flexibility index (Phi) is 3.49. The van der Waals surface area contributed by atoms with Gasteiger partial charge in [-0.2, -0.15) is 0 Å². The highest BCUT2D eigenvalue weighted by Gasteiger charge is 2.34. The highest BCUT2D eigenvalue weighted by atomic mass is 16.5. The second kappa shape index (κ2) is 5.05. The summed E-state index contributed by atoms with van der Waals surface area (Å²) in [4.78, 5) is 2.80. The van der Waals surface area contributed by atoms with Crippen LogP contribution in [0.4, 0.5) is 0 Å². The van der Waals surface area contributed by atoms with E-state index in [1.807, 2.05) is 0 Å². The first-order valence-electron chi connectivity index (χ1n) is 7.25. The fourth-order valence-corrected chi connectivity index (χ4v) is 3.99. The van der Waals surface area contributed by atoms with Crippen molar-refractivity contribution in [2.75, 3.05) is 26.3 Å². The second-order valence-electron chi connectivity index (χ2n) is 5.93. The Hall–Kier alpha value is -0.0800. The van der Waals surface area contributed by atoms with E-state index in [9.17, 15) is 0 Å². The van der Waals surface area contributed by atoms with Gasteiger partial charge in [0.05, 0.1) is 0 Å². The van der Waals surface area contributed by atoms with Crippen LogP contribution in [0.15, 0.2) is 0 Å². The molecule has 3 rings (SSSR count). The number of ether oxygens (including phenoxy) is 1. The van der Waals surface area contributed by atoms with Gasteiger partial charge in [-0.25, -0.2) is 0 Å². The summed E-state index contributed by atoms with van der Waals surface area (Å²) in [7, 11) is 0. The minimum atomic E-state index is 0.949. The van der Waals surface area contributed by atoms with Crippen LogP contribution in [0.2, 0.25) is 0 Å². The molecule has 2 heterocycles. The lowest BCUT2D eigenvalue weighted by atomic mass is 9.85. The summed E-state index contributed by atoms with van der Waals surface area (Å²) < 4.78 is 5.47. The predicted octanol–water partition coefficient (Wildman–Crippen LogP) is 2.68. The van der Waals surface area contributed by atoms with Crippen molar-refractivity contribution in [2.45, 2.75) is 51.0 Å². The van der Waals surface area contributed by atoms with Gasteiger partial charge in [0.2, 0.25) is 0 Å². The molecule has 1 unspecified atom stereocenters. The monoisotopic (exact) mass is 223 g/mol. The van der Waals surface area contributed by atoms with Gasteiger partial charge >= 0.3 is 0 Å². The van der Waals surface area contributed by atoms with E-state index in [0.717, 1.165) is 31.1 Å². The quantitative estimate of drug-likeness (QED) is 0.713. The summed E-state index contributed by atoms with van der Waals surface area (Å²) in [5.41, 5.74) is 0. The van der Waals surface area contributed by atoms with E-state index in [1.54, 1.807) is 0 Å². The third kappa shape index (κ3) is 2.28. The maximum absolute atomic E-state index is 5.47. The van der Waals surface area contributed by atoms with Crippen LogP contribution in [0.1, 0.15) is 44.9 Å². The summed E-state index contributed by atoms with van der Waals surface area (Å²) in [6.07, 6.45) is 10.0. The van der Waals surface area contributed by atoms with Gasteiger partial charge in [0, 0.05) is 25.8 Å². The Morgan fingerprint density at radius 2 is 1.56 bits per heavy atom. The van der Waals surface area contributed by atoms with E-state index in [2.05, 4.69) is 4.90 Å². The average Bonchev–Trinajstić information content (AvgIpc) is 3.01. The first kappa shape index (κ1) is 11.0. The summed E-state index contributed by atoms with van der Waals surface area (Å²) in [5.74, 6) is 1.96. The average molecular weight is 223 g/mol. The molecule has 2 heteroatoms. The minimum Gasteiger partial charge on any atom is -0.381 e. The van der Waals surface area contributed by atoms with Gasteiger partial charge < -0.3 is 9.64 Å². The zero-order valence-electron chi connectivity index (χ0n) is 10.4. The predicted molar refractivity (Wildman–Crippen MR) is 65.5 cm³/mol. The molecule has 16 heavy (non-hydrogen) atoms. The first-order chi connectivity index (χ1) is 7.93. The van der Waals surface area contributed by atoms with Crippen molar-refractivity contribution in [3.05, 3.63) is 0 Å². The molecule has 0 spiro atoms. The lowest BCUT2D eigenvalue weighted by Gasteiger charge is -2.29. The maximum Gasteiger partial charge on any atom is 0.0468 e. The summed E-state index contributed by atoms with van der Waals surface area (Å²) in [6, 6.07) is 0.949. The third-order valence-corrected chi connectivity index (χ3v) is 5.03. The Bertz CT molecular complexity index is 219. The van der Waals surface area contributed by atoms with Gasteiger partial charge in [0.15, 0.2) is 0 Å². The molecule has 1 saturated carbocycles. The van der Waals surface area contributed by atoms with Crippen molar-refractivity contribution in [3.8, 4) is 0 Å². The molecule has 2 aliphatic heterocycles. The molecule has 1 aliphatic carbocycles. The van der Waals surface area contributed by atoms with Gasteiger partial charge in [-0.05, 0) is 50.5 Å². The molecule has 0 radical (unpaired) electrons. The molecule has 2 nitrogen and oxygen atoms in total. The molecule has 0 N–H and O–H groups in total. The van der Waals surface area contributed by atoms with E-state index >= 15 is 0 Å². The molecule has 0 aromatic heterocycles. The minimum absolute atomic E-state index is 0.949.